The molecule has 1 atom stereocenters. The lowest BCUT2D eigenvalue weighted by Gasteiger charge is -2.22. The first-order chi connectivity index (χ1) is 7.90. The Morgan fingerprint density at radius 3 is 3.31 bits per heavy atom. The van der Waals surface area contributed by atoms with Crippen molar-refractivity contribution in [1.29, 1.82) is 5.26 Å². The molecule has 1 aliphatic rings. The fraction of sp³-hybridized carbons (Fsp3) is 0.500. The van der Waals surface area contributed by atoms with Crippen molar-refractivity contribution in [2.45, 2.75) is 31.9 Å². The molecule has 2 heterocycles. The van der Waals surface area contributed by atoms with E-state index in [9.17, 15) is 0 Å². The minimum absolute atomic E-state index is 0.0897. The number of hydrogen-bond donors (Lipinski definition) is 0. The van der Waals surface area contributed by atoms with Crippen molar-refractivity contribution in [2.24, 2.45) is 0 Å². The van der Waals surface area contributed by atoms with Gasteiger partial charge in [-0.15, -0.1) is 0 Å². The van der Waals surface area contributed by atoms with Crippen molar-refractivity contribution < 1.29 is 4.74 Å². The van der Waals surface area contributed by atoms with Crippen molar-refractivity contribution in [3.05, 3.63) is 24.0 Å². The van der Waals surface area contributed by atoms with E-state index in [0.717, 1.165) is 25.0 Å². The molecule has 4 heteroatoms. The summed E-state index contributed by atoms with van der Waals surface area (Å²) in [6.45, 7) is 0.824. The van der Waals surface area contributed by atoms with Gasteiger partial charge in [0.2, 0.25) is 0 Å². The molecule has 84 valence electrons. The number of allylic oxidation sites excluding steroid dienone is 1. The van der Waals surface area contributed by atoms with Crippen LogP contribution in [-0.2, 0) is 4.74 Å². The summed E-state index contributed by atoms with van der Waals surface area (Å²) >= 11 is 0. The van der Waals surface area contributed by atoms with Gasteiger partial charge in [0, 0.05) is 18.4 Å². The van der Waals surface area contributed by atoms with E-state index in [1.165, 1.54) is 6.42 Å². The zero-order valence-corrected chi connectivity index (χ0v) is 9.17. The van der Waals surface area contributed by atoms with Crippen LogP contribution >= 0.6 is 0 Å². The van der Waals surface area contributed by atoms with Gasteiger partial charge in [-0.1, -0.05) is 12.2 Å². The van der Waals surface area contributed by atoms with Gasteiger partial charge in [0.05, 0.1) is 18.7 Å². The Morgan fingerprint density at radius 2 is 2.56 bits per heavy atom. The summed E-state index contributed by atoms with van der Waals surface area (Å²) in [4.78, 5) is 0. The van der Waals surface area contributed by atoms with Gasteiger partial charge in [0.25, 0.3) is 0 Å². The fourth-order valence-electron chi connectivity index (χ4n) is 1.78. The smallest absolute Gasteiger partial charge is 0.150 e. The van der Waals surface area contributed by atoms with E-state index >= 15 is 0 Å². The van der Waals surface area contributed by atoms with Crippen LogP contribution in [0.15, 0.2) is 18.5 Å². The molecule has 0 N–H and O–H groups in total. The van der Waals surface area contributed by atoms with E-state index in [0.29, 0.717) is 6.42 Å². The molecular formula is C12H15N3O. The van der Waals surface area contributed by atoms with Crippen LogP contribution in [0.2, 0.25) is 0 Å². The molecule has 0 aliphatic carbocycles. The Balaban J connectivity index is 1.98. The second-order valence-corrected chi connectivity index (χ2v) is 3.84. The molecule has 1 aromatic heterocycles. The summed E-state index contributed by atoms with van der Waals surface area (Å²) in [6.07, 6.45) is 11.4. The molecule has 1 aromatic rings. The molecule has 16 heavy (non-hydrogen) atoms. The van der Waals surface area contributed by atoms with Crippen LogP contribution in [0.3, 0.4) is 0 Å². The van der Waals surface area contributed by atoms with E-state index in [-0.39, 0.29) is 6.23 Å². The van der Waals surface area contributed by atoms with Crippen LogP contribution in [0.5, 0.6) is 0 Å². The third kappa shape index (κ3) is 2.71. The Bertz CT molecular complexity index is 397. The molecule has 0 amide bonds. The van der Waals surface area contributed by atoms with Crippen LogP contribution in [0, 0.1) is 11.3 Å². The van der Waals surface area contributed by atoms with Crippen LogP contribution in [-0.4, -0.2) is 16.4 Å². The van der Waals surface area contributed by atoms with Gasteiger partial charge in [0.1, 0.15) is 6.23 Å². The van der Waals surface area contributed by atoms with Crippen molar-refractivity contribution in [2.75, 3.05) is 6.61 Å². The summed E-state index contributed by atoms with van der Waals surface area (Å²) in [5.74, 6) is 0. The Hall–Kier alpha value is -1.60. The number of rotatable bonds is 3. The van der Waals surface area contributed by atoms with E-state index in [1.54, 1.807) is 6.20 Å². The first-order valence-corrected chi connectivity index (χ1v) is 5.59. The molecule has 1 aliphatic heterocycles. The standard InChI is InChI=1S/C12H15N3O/c13-7-3-1-5-11-9-14-15(10-11)12-6-2-4-8-16-12/h1,5,9-10,12H,2-4,6,8H2/t12-/m0/s1. The maximum atomic E-state index is 8.41. The summed E-state index contributed by atoms with van der Waals surface area (Å²) < 4.78 is 7.49. The molecule has 0 bridgehead atoms. The highest BCUT2D eigenvalue weighted by atomic mass is 16.5. The highest BCUT2D eigenvalue weighted by Crippen LogP contribution is 2.21. The maximum Gasteiger partial charge on any atom is 0.150 e. The maximum absolute atomic E-state index is 8.41. The normalized spacial score (nSPS) is 21.1. The highest BCUT2D eigenvalue weighted by Gasteiger charge is 2.15. The van der Waals surface area contributed by atoms with Gasteiger partial charge in [-0.2, -0.15) is 10.4 Å². The van der Waals surface area contributed by atoms with Gasteiger partial charge in [-0.3, -0.25) is 0 Å². The quantitative estimate of drug-likeness (QED) is 0.781. The monoisotopic (exact) mass is 217 g/mol. The summed E-state index contributed by atoms with van der Waals surface area (Å²) in [6, 6.07) is 2.07. The van der Waals surface area contributed by atoms with Crippen molar-refractivity contribution >= 4 is 6.08 Å². The Morgan fingerprint density at radius 1 is 1.62 bits per heavy atom. The highest BCUT2D eigenvalue weighted by molar-refractivity contribution is 5.46. The molecule has 0 spiro atoms. The van der Waals surface area contributed by atoms with Gasteiger partial charge < -0.3 is 4.74 Å². The van der Waals surface area contributed by atoms with Gasteiger partial charge in [-0.05, 0) is 19.3 Å². The summed E-state index contributed by atoms with van der Waals surface area (Å²) in [5, 5.41) is 12.7. The zero-order valence-electron chi connectivity index (χ0n) is 9.17. The third-order valence-electron chi connectivity index (χ3n) is 2.59. The van der Waals surface area contributed by atoms with Crippen molar-refractivity contribution in [3.8, 4) is 6.07 Å². The lowest BCUT2D eigenvalue weighted by molar-refractivity contribution is -0.0394. The average molecular weight is 217 g/mol. The fourth-order valence-corrected chi connectivity index (χ4v) is 1.78. The van der Waals surface area contributed by atoms with E-state index < -0.39 is 0 Å². The number of aromatic nitrogens is 2. The van der Waals surface area contributed by atoms with Gasteiger partial charge >= 0.3 is 0 Å². The molecule has 0 saturated carbocycles. The minimum atomic E-state index is 0.0897. The van der Waals surface area contributed by atoms with Crippen LogP contribution in [0.25, 0.3) is 6.08 Å². The molecule has 0 unspecified atom stereocenters. The second kappa shape index (κ2) is 5.47. The SMILES string of the molecule is N#CCC=Cc1cnn([C@@H]2CCCCO2)c1. The molecule has 2 rings (SSSR count). The largest absolute Gasteiger partial charge is 0.357 e. The number of nitriles is 1. The zero-order chi connectivity index (χ0) is 11.2. The molecule has 4 nitrogen and oxygen atoms in total. The molecular weight excluding hydrogens is 202 g/mol. The van der Waals surface area contributed by atoms with E-state index in [2.05, 4.69) is 11.2 Å². The number of ether oxygens (including phenoxy) is 1. The average Bonchev–Trinajstić information content (AvgIpc) is 2.79. The van der Waals surface area contributed by atoms with Crippen molar-refractivity contribution in [1.82, 2.24) is 9.78 Å². The van der Waals surface area contributed by atoms with Crippen LogP contribution in [0.4, 0.5) is 0 Å². The predicted octanol–water partition coefficient (Wildman–Crippen LogP) is 2.51. The molecule has 1 saturated heterocycles. The van der Waals surface area contributed by atoms with E-state index in [4.69, 9.17) is 10.00 Å². The lowest BCUT2D eigenvalue weighted by atomic mass is 10.2. The minimum Gasteiger partial charge on any atom is -0.357 e. The van der Waals surface area contributed by atoms with Crippen LogP contribution < -0.4 is 0 Å². The Labute approximate surface area is 95.1 Å². The number of nitrogens with zero attached hydrogens (tertiary/aromatic N) is 3. The van der Waals surface area contributed by atoms with Gasteiger partial charge in [-0.25, -0.2) is 4.68 Å². The van der Waals surface area contributed by atoms with E-state index in [1.807, 2.05) is 23.0 Å². The molecule has 1 fully saturated rings. The predicted molar refractivity (Wildman–Crippen MR) is 60.3 cm³/mol. The number of hydrogen-bond acceptors (Lipinski definition) is 3. The van der Waals surface area contributed by atoms with Gasteiger partial charge in [0.15, 0.2) is 0 Å². The second-order valence-electron chi connectivity index (χ2n) is 3.84. The van der Waals surface area contributed by atoms with Crippen LogP contribution in [0.1, 0.15) is 37.5 Å². The third-order valence-corrected chi connectivity index (χ3v) is 2.59. The molecule has 0 aromatic carbocycles. The molecule has 0 radical (unpaired) electrons. The van der Waals surface area contributed by atoms with Crippen molar-refractivity contribution in [3.63, 3.8) is 0 Å². The summed E-state index contributed by atoms with van der Waals surface area (Å²) in [7, 11) is 0. The first-order valence-electron chi connectivity index (χ1n) is 5.59. The Kier molecular flexibility index (Phi) is 3.73. The first kappa shape index (κ1) is 10.9. The summed E-state index contributed by atoms with van der Waals surface area (Å²) in [5.41, 5.74) is 1.02. The topological polar surface area (TPSA) is 50.8 Å². The lowest BCUT2D eigenvalue weighted by Crippen LogP contribution is -2.18.